The first-order valence-electron chi connectivity index (χ1n) is 11.4. The number of amides is 2. The first-order valence-corrected chi connectivity index (χ1v) is 13.2. The number of hydrogen-bond donors (Lipinski definition) is 2. The predicted octanol–water partition coefficient (Wildman–Crippen LogP) is 4.64. The lowest BCUT2D eigenvalue weighted by Crippen LogP contribution is -2.48. The van der Waals surface area contributed by atoms with Gasteiger partial charge in [0.05, 0.1) is 27.7 Å². The van der Waals surface area contributed by atoms with Gasteiger partial charge in [-0.3, -0.25) is 9.59 Å². The molecule has 0 aromatic heterocycles. The summed E-state index contributed by atoms with van der Waals surface area (Å²) in [6.07, 6.45) is -0.474. The fraction of sp³-hybridized carbons (Fsp3) is 0.231. The highest BCUT2D eigenvalue weighted by molar-refractivity contribution is 7.89. The van der Waals surface area contributed by atoms with Crippen molar-refractivity contribution in [3.63, 3.8) is 0 Å². The number of sulfonamides is 1. The van der Waals surface area contributed by atoms with Gasteiger partial charge >= 0.3 is 0 Å². The minimum atomic E-state index is -3.84. The molecular formula is C26H26ClN3O5S. The Morgan fingerprint density at radius 1 is 0.861 bits per heavy atom. The molecule has 3 aromatic rings. The minimum Gasteiger partial charge on any atom is -0.373 e. The van der Waals surface area contributed by atoms with Crippen LogP contribution < -0.4 is 10.6 Å². The number of carbonyl (C=O) groups excluding carboxylic acids is 2. The fourth-order valence-corrected chi connectivity index (χ4v) is 5.76. The Morgan fingerprint density at radius 2 is 1.42 bits per heavy atom. The zero-order valence-electron chi connectivity index (χ0n) is 19.8. The molecule has 3 aromatic carbocycles. The molecule has 0 saturated carbocycles. The third-order valence-corrected chi connectivity index (χ3v) is 7.80. The van der Waals surface area contributed by atoms with Crippen LogP contribution in [0.25, 0.3) is 0 Å². The van der Waals surface area contributed by atoms with Crippen LogP contribution in [0.4, 0.5) is 11.4 Å². The number of rotatable bonds is 6. The van der Waals surface area contributed by atoms with Gasteiger partial charge in [-0.1, -0.05) is 29.8 Å². The summed E-state index contributed by atoms with van der Waals surface area (Å²) in [7, 11) is -3.84. The second-order valence-electron chi connectivity index (χ2n) is 8.57. The summed E-state index contributed by atoms with van der Waals surface area (Å²) >= 11 is 6.24. The lowest BCUT2D eigenvalue weighted by molar-refractivity contribution is -0.0440. The molecule has 2 amide bonds. The standard InChI is InChI=1S/C26H26ClN3O5S/c1-17-15-30(16-18(2)35-17)36(33,34)22-12-13-24(27)23(14-22)26(32)29-21-10-8-20(9-11-21)28-25(31)19-6-4-3-5-7-19/h3-14,17-18H,15-16H2,1-2H3,(H,28,31)(H,29,32)/t17-,18+. The van der Waals surface area contributed by atoms with Crippen LogP contribution in [-0.2, 0) is 14.8 Å². The normalized spacial score (nSPS) is 18.4. The van der Waals surface area contributed by atoms with Crippen molar-refractivity contribution in [3.05, 3.63) is 88.9 Å². The number of hydrogen-bond acceptors (Lipinski definition) is 5. The number of anilines is 2. The van der Waals surface area contributed by atoms with Crippen molar-refractivity contribution in [2.45, 2.75) is 31.0 Å². The van der Waals surface area contributed by atoms with E-state index in [0.717, 1.165) is 0 Å². The molecule has 1 aliphatic rings. The second kappa shape index (κ2) is 10.8. The molecule has 2 atom stereocenters. The quantitative estimate of drug-likeness (QED) is 0.486. The van der Waals surface area contributed by atoms with Crippen molar-refractivity contribution >= 4 is 44.8 Å². The molecule has 1 heterocycles. The summed E-state index contributed by atoms with van der Waals surface area (Å²) in [4.78, 5) is 25.2. The Hall–Kier alpha value is -3.24. The molecule has 36 heavy (non-hydrogen) atoms. The highest BCUT2D eigenvalue weighted by Crippen LogP contribution is 2.26. The Bertz CT molecular complexity index is 1350. The van der Waals surface area contributed by atoms with Crippen molar-refractivity contribution < 1.29 is 22.7 Å². The number of nitrogens with zero attached hydrogens (tertiary/aromatic N) is 1. The van der Waals surface area contributed by atoms with E-state index >= 15 is 0 Å². The van der Waals surface area contributed by atoms with E-state index in [4.69, 9.17) is 16.3 Å². The fourth-order valence-electron chi connectivity index (χ4n) is 3.94. The van der Waals surface area contributed by atoms with Crippen LogP contribution in [0.5, 0.6) is 0 Å². The summed E-state index contributed by atoms with van der Waals surface area (Å²) < 4.78 is 33.4. The molecule has 0 unspecified atom stereocenters. The number of ether oxygens (including phenoxy) is 1. The highest BCUT2D eigenvalue weighted by Gasteiger charge is 2.32. The van der Waals surface area contributed by atoms with Crippen molar-refractivity contribution in [2.24, 2.45) is 0 Å². The Morgan fingerprint density at radius 3 is 2.00 bits per heavy atom. The van der Waals surface area contributed by atoms with E-state index in [2.05, 4.69) is 10.6 Å². The molecule has 10 heteroatoms. The minimum absolute atomic E-state index is 0.0164. The van der Waals surface area contributed by atoms with Gasteiger partial charge in [0.1, 0.15) is 0 Å². The summed E-state index contributed by atoms with van der Waals surface area (Å²) in [5, 5.41) is 5.63. The van der Waals surface area contributed by atoms with Gasteiger partial charge in [-0.15, -0.1) is 0 Å². The summed E-state index contributed by atoms with van der Waals surface area (Å²) in [5.41, 5.74) is 1.58. The Kier molecular flexibility index (Phi) is 7.75. The first-order chi connectivity index (χ1) is 17.1. The average Bonchev–Trinajstić information content (AvgIpc) is 2.85. The van der Waals surface area contributed by atoms with Gasteiger partial charge in [0.25, 0.3) is 11.8 Å². The van der Waals surface area contributed by atoms with E-state index in [1.165, 1.54) is 22.5 Å². The smallest absolute Gasteiger partial charge is 0.257 e. The van der Waals surface area contributed by atoms with E-state index in [0.29, 0.717) is 16.9 Å². The molecular weight excluding hydrogens is 502 g/mol. The molecule has 188 valence electrons. The van der Waals surface area contributed by atoms with E-state index in [-0.39, 0.29) is 46.7 Å². The molecule has 0 bridgehead atoms. The third kappa shape index (κ3) is 5.93. The van der Waals surface area contributed by atoms with Crippen molar-refractivity contribution in [3.8, 4) is 0 Å². The van der Waals surface area contributed by atoms with Gasteiger partial charge < -0.3 is 15.4 Å². The lowest BCUT2D eigenvalue weighted by Gasteiger charge is -2.34. The SMILES string of the molecule is C[C@@H]1CN(S(=O)(=O)c2ccc(Cl)c(C(=O)Nc3ccc(NC(=O)c4ccccc4)cc3)c2)C[C@H](C)O1. The molecule has 0 aliphatic carbocycles. The van der Waals surface area contributed by atoms with E-state index < -0.39 is 15.9 Å². The van der Waals surface area contributed by atoms with Gasteiger partial charge in [-0.2, -0.15) is 4.31 Å². The molecule has 8 nitrogen and oxygen atoms in total. The Labute approximate surface area is 215 Å². The van der Waals surface area contributed by atoms with Crippen LogP contribution in [0.2, 0.25) is 5.02 Å². The van der Waals surface area contributed by atoms with Gasteiger partial charge in [-0.05, 0) is 68.4 Å². The average molecular weight is 528 g/mol. The molecule has 4 rings (SSSR count). The van der Waals surface area contributed by atoms with Crippen LogP contribution in [0, 0.1) is 0 Å². The molecule has 1 aliphatic heterocycles. The molecule has 0 radical (unpaired) electrons. The number of nitrogens with one attached hydrogen (secondary N) is 2. The number of carbonyl (C=O) groups is 2. The van der Waals surface area contributed by atoms with Crippen LogP contribution >= 0.6 is 11.6 Å². The van der Waals surface area contributed by atoms with Gasteiger partial charge in [0, 0.05) is 30.0 Å². The summed E-state index contributed by atoms with van der Waals surface area (Å²) in [5.74, 6) is -0.803. The monoisotopic (exact) mass is 527 g/mol. The summed E-state index contributed by atoms with van der Waals surface area (Å²) in [6.45, 7) is 4.09. The van der Waals surface area contributed by atoms with Crippen LogP contribution in [-0.4, -0.2) is 49.8 Å². The predicted molar refractivity (Wildman–Crippen MR) is 139 cm³/mol. The van der Waals surface area contributed by atoms with E-state index in [1.807, 2.05) is 19.9 Å². The zero-order chi connectivity index (χ0) is 25.9. The molecule has 2 N–H and O–H groups in total. The Balaban J connectivity index is 1.47. The van der Waals surface area contributed by atoms with Gasteiger partial charge in [0.15, 0.2) is 0 Å². The summed E-state index contributed by atoms with van der Waals surface area (Å²) in [6, 6.07) is 19.4. The van der Waals surface area contributed by atoms with Gasteiger partial charge in [0.2, 0.25) is 10.0 Å². The lowest BCUT2D eigenvalue weighted by atomic mass is 10.2. The number of morpholine rings is 1. The van der Waals surface area contributed by atoms with Crippen LogP contribution in [0.1, 0.15) is 34.6 Å². The molecule has 0 spiro atoms. The van der Waals surface area contributed by atoms with Crippen molar-refractivity contribution in [1.82, 2.24) is 4.31 Å². The van der Waals surface area contributed by atoms with Crippen molar-refractivity contribution in [2.75, 3.05) is 23.7 Å². The largest absolute Gasteiger partial charge is 0.373 e. The van der Waals surface area contributed by atoms with Crippen molar-refractivity contribution in [1.29, 1.82) is 0 Å². The number of benzene rings is 3. The van der Waals surface area contributed by atoms with E-state index in [9.17, 15) is 18.0 Å². The second-order valence-corrected chi connectivity index (χ2v) is 10.9. The maximum atomic E-state index is 13.2. The number of halogens is 1. The molecule has 1 saturated heterocycles. The van der Waals surface area contributed by atoms with Crippen LogP contribution in [0.15, 0.2) is 77.7 Å². The van der Waals surface area contributed by atoms with Crippen LogP contribution in [0.3, 0.4) is 0 Å². The van der Waals surface area contributed by atoms with E-state index in [1.54, 1.807) is 48.5 Å². The topological polar surface area (TPSA) is 105 Å². The maximum absolute atomic E-state index is 13.2. The highest BCUT2D eigenvalue weighted by atomic mass is 35.5. The molecule has 1 fully saturated rings. The van der Waals surface area contributed by atoms with Gasteiger partial charge in [-0.25, -0.2) is 8.42 Å². The maximum Gasteiger partial charge on any atom is 0.257 e. The first kappa shape index (κ1) is 25.8. The zero-order valence-corrected chi connectivity index (χ0v) is 21.3. The third-order valence-electron chi connectivity index (χ3n) is 5.64.